The van der Waals surface area contributed by atoms with E-state index in [1.165, 1.54) is 0 Å². The highest BCUT2D eigenvalue weighted by molar-refractivity contribution is 5.74. The molecule has 2 atom stereocenters. The zero-order valence-corrected chi connectivity index (χ0v) is 11.8. The van der Waals surface area contributed by atoms with Crippen molar-refractivity contribution in [1.29, 1.82) is 0 Å². The molecule has 0 aliphatic rings. The van der Waals surface area contributed by atoms with Crippen LogP contribution >= 0.6 is 0 Å². The number of urea groups is 1. The molecule has 0 spiro atoms. The molecular formula is C13H26N2O3. The highest BCUT2D eigenvalue weighted by Gasteiger charge is 2.16. The van der Waals surface area contributed by atoms with E-state index in [1.807, 2.05) is 13.8 Å². The quantitative estimate of drug-likeness (QED) is 0.624. The van der Waals surface area contributed by atoms with Gasteiger partial charge in [-0.15, -0.1) is 0 Å². The lowest BCUT2D eigenvalue weighted by Crippen LogP contribution is -2.45. The lowest BCUT2D eigenvalue weighted by molar-refractivity contribution is -0.138. The summed E-state index contributed by atoms with van der Waals surface area (Å²) in [6.07, 6.45) is 1.73. The molecular weight excluding hydrogens is 232 g/mol. The second kappa shape index (κ2) is 8.78. The number of nitrogens with one attached hydrogen (secondary N) is 2. The molecule has 0 radical (unpaired) electrons. The monoisotopic (exact) mass is 258 g/mol. The normalized spacial score (nSPS) is 14.1. The Morgan fingerprint density at radius 1 is 1.17 bits per heavy atom. The number of carboxylic acids is 1. The molecule has 2 unspecified atom stereocenters. The number of aliphatic carboxylic acids is 1. The minimum absolute atomic E-state index is 0.00706. The first-order valence-electron chi connectivity index (χ1n) is 6.66. The summed E-state index contributed by atoms with van der Waals surface area (Å²) in [5, 5.41) is 14.4. The average molecular weight is 258 g/mol. The van der Waals surface area contributed by atoms with Gasteiger partial charge in [-0.05, 0) is 18.3 Å². The Bertz CT molecular complexity index is 267. The van der Waals surface area contributed by atoms with Crippen molar-refractivity contribution in [2.75, 3.05) is 6.54 Å². The van der Waals surface area contributed by atoms with Crippen LogP contribution in [-0.4, -0.2) is 29.7 Å². The highest BCUT2D eigenvalue weighted by atomic mass is 16.4. The van der Waals surface area contributed by atoms with Gasteiger partial charge in [0.25, 0.3) is 0 Å². The lowest BCUT2D eigenvalue weighted by Gasteiger charge is -2.22. The average Bonchev–Trinajstić information content (AvgIpc) is 2.30. The van der Waals surface area contributed by atoms with Gasteiger partial charge in [-0.3, -0.25) is 4.79 Å². The van der Waals surface area contributed by atoms with Crippen molar-refractivity contribution < 1.29 is 14.7 Å². The molecule has 5 heteroatoms. The summed E-state index contributed by atoms with van der Waals surface area (Å²) in [6, 6.07) is -0.0519. The Morgan fingerprint density at radius 2 is 1.78 bits per heavy atom. The number of carboxylic acid groups (broad SMARTS) is 1. The van der Waals surface area contributed by atoms with Crippen LogP contribution in [0.15, 0.2) is 0 Å². The summed E-state index contributed by atoms with van der Waals surface area (Å²) >= 11 is 0. The molecule has 18 heavy (non-hydrogen) atoms. The van der Waals surface area contributed by atoms with Crippen LogP contribution in [0, 0.1) is 11.8 Å². The van der Waals surface area contributed by atoms with E-state index in [4.69, 9.17) is 5.11 Å². The van der Waals surface area contributed by atoms with Gasteiger partial charge in [-0.1, -0.05) is 34.1 Å². The number of hydrogen-bond donors (Lipinski definition) is 3. The van der Waals surface area contributed by atoms with Gasteiger partial charge in [0.05, 0.1) is 0 Å². The Balaban J connectivity index is 4.04. The summed E-state index contributed by atoms with van der Waals surface area (Å²) in [6.45, 7) is 8.49. The maximum absolute atomic E-state index is 11.7. The first-order valence-corrected chi connectivity index (χ1v) is 6.66. The summed E-state index contributed by atoms with van der Waals surface area (Å²) in [5.74, 6) is -0.438. The van der Waals surface area contributed by atoms with E-state index in [2.05, 4.69) is 24.5 Å². The van der Waals surface area contributed by atoms with Gasteiger partial charge in [-0.2, -0.15) is 0 Å². The zero-order valence-electron chi connectivity index (χ0n) is 11.8. The predicted molar refractivity (Wildman–Crippen MR) is 71.5 cm³/mol. The SMILES string of the molecule is CCC(CNC(=O)NC(CC)C(C)C)CC(=O)O. The van der Waals surface area contributed by atoms with E-state index in [9.17, 15) is 9.59 Å². The third-order valence-electron chi connectivity index (χ3n) is 3.15. The fourth-order valence-corrected chi connectivity index (χ4v) is 1.80. The molecule has 0 aliphatic heterocycles. The van der Waals surface area contributed by atoms with E-state index in [0.717, 1.165) is 12.8 Å². The molecule has 2 amide bonds. The fraction of sp³-hybridized carbons (Fsp3) is 0.846. The van der Waals surface area contributed by atoms with Crippen molar-refractivity contribution in [2.24, 2.45) is 11.8 Å². The van der Waals surface area contributed by atoms with E-state index in [-0.39, 0.29) is 24.4 Å². The van der Waals surface area contributed by atoms with Crippen molar-refractivity contribution in [2.45, 2.75) is 53.0 Å². The van der Waals surface area contributed by atoms with Gasteiger partial charge in [-0.25, -0.2) is 4.79 Å². The predicted octanol–water partition coefficient (Wildman–Crippen LogP) is 2.22. The Hall–Kier alpha value is -1.26. The van der Waals surface area contributed by atoms with Gasteiger partial charge in [0.2, 0.25) is 0 Å². The van der Waals surface area contributed by atoms with E-state index in [0.29, 0.717) is 12.5 Å². The second-order valence-corrected chi connectivity index (χ2v) is 4.99. The highest BCUT2D eigenvalue weighted by Crippen LogP contribution is 2.07. The third-order valence-corrected chi connectivity index (χ3v) is 3.15. The van der Waals surface area contributed by atoms with Crippen LogP contribution in [0.2, 0.25) is 0 Å². The number of hydrogen-bond acceptors (Lipinski definition) is 2. The number of carbonyl (C=O) groups is 2. The van der Waals surface area contributed by atoms with E-state index < -0.39 is 5.97 Å². The van der Waals surface area contributed by atoms with Gasteiger partial charge >= 0.3 is 12.0 Å². The number of carbonyl (C=O) groups excluding carboxylic acids is 1. The first-order chi connectivity index (χ1) is 8.40. The van der Waals surface area contributed by atoms with Gasteiger partial charge in [0.15, 0.2) is 0 Å². The van der Waals surface area contributed by atoms with Crippen LogP contribution < -0.4 is 10.6 Å². The maximum Gasteiger partial charge on any atom is 0.315 e. The summed E-state index contributed by atoms with van der Waals surface area (Å²) < 4.78 is 0. The largest absolute Gasteiger partial charge is 0.481 e. The van der Waals surface area contributed by atoms with Crippen LogP contribution in [0.25, 0.3) is 0 Å². The Morgan fingerprint density at radius 3 is 2.17 bits per heavy atom. The smallest absolute Gasteiger partial charge is 0.315 e. The molecule has 0 aromatic carbocycles. The minimum Gasteiger partial charge on any atom is -0.481 e. The number of rotatable bonds is 8. The van der Waals surface area contributed by atoms with Gasteiger partial charge in [0, 0.05) is 19.0 Å². The van der Waals surface area contributed by atoms with Crippen LogP contribution in [0.4, 0.5) is 4.79 Å². The Labute approximate surface area is 109 Å². The van der Waals surface area contributed by atoms with Gasteiger partial charge < -0.3 is 15.7 Å². The minimum atomic E-state index is -0.822. The second-order valence-electron chi connectivity index (χ2n) is 4.99. The molecule has 0 bridgehead atoms. The van der Waals surface area contributed by atoms with Crippen molar-refractivity contribution in [3.63, 3.8) is 0 Å². The molecule has 0 saturated heterocycles. The molecule has 0 aliphatic carbocycles. The zero-order chi connectivity index (χ0) is 14.1. The van der Waals surface area contributed by atoms with Crippen LogP contribution in [0.1, 0.15) is 47.0 Å². The molecule has 0 heterocycles. The lowest BCUT2D eigenvalue weighted by atomic mass is 10.0. The van der Waals surface area contributed by atoms with Crippen molar-refractivity contribution in [1.82, 2.24) is 10.6 Å². The third kappa shape index (κ3) is 7.14. The van der Waals surface area contributed by atoms with Crippen molar-refractivity contribution in [3.05, 3.63) is 0 Å². The molecule has 106 valence electrons. The molecule has 0 fully saturated rings. The summed E-state index contributed by atoms with van der Waals surface area (Å²) in [4.78, 5) is 22.3. The maximum atomic E-state index is 11.7. The molecule has 3 N–H and O–H groups in total. The first kappa shape index (κ1) is 16.7. The molecule has 0 rings (SSSR count). The van der Waals surface area contributed by atoms with E-state index in [1.54, 1.807) is 0 Å². The number of amides is 2. The van der Waals surface area contributed by atoms with Crippen LogP contribution in [-0.2, 0) is 4.79 Å². The summed E-state index contributed by atoms with van der Waals surface area (Å²) in [7, 11) is 0. The molecule has 5 nitrogen and oxygen atoms in total. The van der Waals surface area contributed by atoms with Crippen LogP contribution in [0.5, 0.6) is 0 Å². The molecule has 0 saturated carbocycles. The van der Waals surface area contributed by atoms with Gasteiger partial charge in [0.1, 0.15) is 0 Å². The fourth-order valence-electron chi connectivity index (χ4n) is 1.80. The van der Waals surface area contributed by atoms with E-state index >= 15 is 0 Å². The topological polar surface area (TPSA) is 78.4 Å². The van der Waals surface area contributed by atoms with Crippen molar-refractivity contribution in [3.8, 4) is 0 Å². The molecule has 0 aromatic rings. The Kier molecular flexibility index (Phi) is 8.16. The van der Waals surface area contributed by atoms with Crippen molar-refractivity contribution >= 4 is 12.0 Å². The molecule has 0 aromatic heterocycles. The van der Waals surface area contributed by atoms with Crippen LogP contribution in [0.3, 0.4) is 0 Å². The summed E-state index contributed by atoms with van der Waals surface area (Å²) in [5.41, 5.74) is 0. The standard InChI is InChI=1S/C13H26N2O3/c1-5-10(7-12(16)17)8-14-13(18)15-11(6-2)9(3)4/h9-11H,5-8H2,1-4H3,(H,16,17)(H2,14,15,18).